The number of H-pyrrole nitrogens is 1. The second-order valence-corrected chi connectivity index (χ2v) is 5.57. The van der Waals surface area contributed by atoms with Gasteiger partial charge in [-0.15, -0.1) is 0 Å². The van der Waals surface area contributed by atoms with Gasteiger partial charge in [-0.25, -0.2) is 4.98 Å². The number of halogens is 1. The first kappa shape index (κ1) is 14.7. The minimum Gasteiger partial charge on any atom is -0.295 e. The number of likely N-dealkylation sites (tertiary alicyclic amines) is 1. The number of aromatic nitrogens is 3. The van der Waals surface area contributed by atoms with Gasteiger partial charge in [0.1, 0.15) is 11.8 Å². The molecular weight excluding hydrogens is 318 g/mol. The highest BCUT2D eigenvalue weighted by Crippen LogP contribution is 2.18. The number of rotatable bonds is 2. The zero-order chi connectivity index (χ0) is 14.4. The normalized spacial score (nSPS) is 17.6. The lowest BCUT2D eigenvalue weighted by molar-refractivity contribution is 0.0943. The lowest BCUT2D eigenvalue weighted by Gasteiger charge is -2.38. The number of hydrogen-bond acceptors (Lipinski definition) is 4. The molecule has 2 aromatic heterocycles. The maximum Gasteiger partial charge on any atom is 0.140 e. The van der Waals surface area contributed by atoms with E-state index in [2.05, 4.69) is 49.0 Å². The molecule has 0 bridgehead atoms. The summed E-state index contributed by atoms with van der Waals surface area (Å²) in [5.41, 5.74) is 1.51. The van der Waals surface area contributed by atoms with Gasteiger partial charge >= 0.3 is 0 Å². The highest BCUT2D eigenvalue weighted by Gasteiger charge is 2.23. The van der Waals surface area contributed by atoms with Gasteiger partial charge in [0.15, 0.2) is 0 Å². The van der Waals surface area contributed by atoms with Gasteiger partial charge in [0.2, 0.25) is 0 Å². The molecule has 1 fully saturated rings. The first-order valence-electron chi connectivity index (χ1n) is 6.43. The zero-order valence-electron chi connectivity index (χ0n) is 11.3. The van der Waals surface area contributed by atoms with Crippen LogP contribution in [0.15, 0.2) is 35.1 Å². The lowest BCUT2D eigenvalue weighted by Crippen LogP contribution is -2.44. The molecule has 1 atom stereocenters. The third-order valence-electron chi connectivity index (χ3n) is 3.21. The van der Waals surface area contributed by atoms with E-state index < -0.39 is 0 Å². The van der Waals surface area contributed by atoms with Crippen LogP contribution in [0.1, 0.15) is 24.7 Å². The van der Waals surface area contributed by atoms with Crippen molar-refractivity contribution in [2.75, 3.05) is 6.54 Å². The van der Waals surface area contributed by atoms with E-state index >= 15 is 0 Å². The number of nitriles is 1. The summed E-state index contributed by atoms with van der Waals surface area (Å²) in [5, 5.41) is 15.0. The fraction of sp³-hybridized carbons (Fsp3) is 0.357. The van der Waals surface area contributed by atoms with Gasteiger partial charge in [0.25, 0.3) is 0 Å². The predicted octanol–water partition coefficient (Wildman–Crippen LogP) is 2.72. The molecule has 0 radical (unpaired) electrons. The Morgan fingerprint density at radius 3 is 2.85 bits per heavy atom. The summed E-state index contributed by atoms with van der Waals surface area (Å²) in [4.78, 5) is 6.61. The maximum absolute atomic E-state index is 8.69. The monoisotopic (exact) mass is 333 g/mol. The van der Waals surface area contributed by atoms with E-state index in [9.17, 15) is 0 Å². The van der Waals surface area contributed by atoms with Crippen molar-refractivity contribution in [1.82, 2.24) is 20.1 Å². The molecule has 0 spiro atoms. The predicted molar refractivity (Wildman–Crippen MR) is 79.7 cm³/mol. The molecule has 6 heteroatoms. The van der Waals surface area contributed by atoms with Crippen LogP contribution in [0.5, 0.6) is 0 Å². The maximum atomic E-state index is 8.69. The van der Waals surface area contributed by atoms with Crippen LogP contribution >= 0.6 is 15.9 Å². The van der Waals surface area contributed by atoms with Gasteiger partial charge in [-0.2, -0.15) is 10.4 Å². The van der Waals surface area contributed by atoms with Crippen LogP contribution in [-0.4, -0.2) is 32.7 Å². The molecule has 3 heterocycles. The third kappa shape index (κ3) is 4.15. The van der Waals surface area contributed by atoms with Crippen molar-refractivity contribution in [3.05, 3.63) is 46.5 Å². The van der Waals surface area contributed by atoms with E-state index in [4.69, 9.17) is 5.26 Å². The standard InChI is InChI=1S/C11H13N3.C3H3BrN2/c1-9-5-6-14(9)8-11-4-2-3-10(7-12)13-11;4-3-1-5-6-2-3/h2-4,9H,5-6,8H2,1H3;1-2H,(H,5,6). The summed E-state index contributed by atoms with van der Waals surface area (Å²) in [6, 6.07) is 8.34. The Morgan fingerprint density at radius 1 is 1.55 bits per heavy atom. The van der Waals surface area contributed by atoms with Crippen molar-refractivity contribution in [1.29, 1.82) is 5.26 Å². The first-order valence-corrected chi connectivity index (χ1v) is 7.22. The lowest BCUT2D eigenvalue weighted by atomic mass is 10.1. The van der Waals surface area contributed by atoms with Crippen LogP contribution in [0.2, 0.25) is 0 Å². The third-order valence-corrected chi connectivity index (χ3v) is 3.64. The smallest absolute Gasteiger partial charge is 0.140 e. The topological polar surface area (TPSA) is 68.6 Å². The molecule has 104 valence electrons. The van der Waals surface area contributed by atoms with E-state index in [1.54, 1.807) is 18.5 Å². The SMILES string of the molecule is Brc1cn[nH]c1.CC1CCN1Cc1cccc(C#N)n1. The van der Waals surface area contributed by atoms with Crippen molar-refractivity contribution in [3.63, 3.8) is 0 Å². The molecule has 1 aliphatic heterocycles. The number of nitrogens with zero attached hydrogens (tertiary/aromatic N) is 4. The average molecular weight is 334 g/mol. The fourth-order valence-electron chi connectivity index (χ4n) is 1.88. The molecule has 0 amide bonds. The van der Waals surface area contributed by atoms with E-state index in [0.717, 1.165) is 23.3 Å². The van der Waals surface area contributed by atoms with Gasteiger partial charge in [-0.1, -0.05) is 6.07 Å². The van der Waals surface area contributed by atoms with Gasteiger partial charge in [-0.3, -0.25) is 10.00 Å². The van der Waals surface area contributed by atoms with Crippen molar-refractivity contribution in [3.8, 4) is 6.07 Å². The molecule has 1 saturated heterocycles. The van der Waals surface area contributed by atoms with Gasteiger partial charge < -0.3 is 0 Å². The molecule has 1 unspecified atom stereocenters. The number of hydrogen-bond donors (Lipinski definition) is 1. The molecule has 3 rings (SSSR count). The number of pyridine rings is 1. The summed E-state index contributed by atoms with van der Waals surface area (Å²) < 4.78 is 0.988. The highest BCUT2D eigenvalue weighted by atomic mass is 79.9. The Kier molecular flexibility index (Phi) is 5.27. The first-order chi connectivity index (χ1) is 9.69. The molecule has 1 N–H and O–H groups in total. The zero-order valence-corrected chi connectivity index (χ0v) is 12.8. The molecule has 20 heavy (non-hydrogen) atoms. The van der Waals surface area contributed by atoms with Crippen LogP contribution in [0.4, 0.5) is 0 Å². The summed E-state index contributed by atoms with van der Waals surface area (Å²) in [7, 11) is 0. The highest BCUT2D eigenvalue weighted by molar-refractivity contribution is 9.10. The average Bonchev–Trinajstić information content (AvgIpc) is 2.95. The van der Waals surface area contributed by atoms with Crippen LogP contribution in [0.3, 0.4) is 0 Å². The van der Waals surface area contributed by atoms with E-state index in [1.165, 1.54) is 6.42 Å². The number of aromatic amines is 1. The molecule has 1 aliphatic rings. The Bertz CT molecular complexity index is 576. The quantitative estimate of drug-likeness (QED) is 0.917. The molecular formula is C14H16BrN5. The van der Waals surface area contributed by atoms with Crippen LogP contribution in [0, 0.1) is 11.3 Å². The second kappa shape index (κ2) is 7.17. The Morgan fingerprint density at radius 2 is 2.40 bits per heavy atom. The van der Waals surface area contributed by atoms with E-state index in [0.29, 0.717) is 11.7 Å². The Balaban J connectivity index is 0.000000205. The van der Waals surface area contributed by atoms with Crippen LogP contribution in [-0.2, 0) is 6.54 Å². The minimum absolute atomic E-state index is 0.510. The van der Waals surface area contributed by atoms with Gasteiger partial charge in [0, 0.05) is 25.3 Å². The molecule has 0 aliphatic carbocycles. The Labute approximate surface area is 126 Å². The van der Waals surface area contributed by atoms with Crippen molar-refractivity contribution >= 4 is 15.9 Å². The Hall–Kier alpha value is -1.71. The molecule has 5 nitrogen and oxygen atoms in total. The molecule has 2 aromatic rings. The fourth-order valence-corrected chi connectivity index (χ4v) is 2.08. The van der Waals surface area contributed by atoms with Gasteiger partial charge in [0.05, 0.1) is 16.4 Å². The van der Waals surface area contributed by atoms with E-state index in [-0.39, 0.29) is 0 Å². The van der Waals surface area contributed by atoms with Crippen molar-refractivity contribution in [2.45, 2.75) is 25.9 Å². The second-order valence-electron chi connectivity index (χ2n) is 4.65. The van der Waals surface area contributed by atoms with Crippen molar-refractivity contribution in [2.24, 2.45) is 0 Å². The summed E-state index contributed by atoms with van der Waals surface area (Å²) >= 11 is 3.19. The summed E-state index contributed by atoms with van der Waals surface area (Å²) in [6.07, 6.45) is 4.73. The van der Waals surface area contributed by atoms with Gasteiger partial charge in [-0.05, 0) is 41.4 Å². The summed E-state index contributed by atoms with van der Waals surface area (Å²) in [6.45, 7) is 4.24. The van der Waals surface area contributed by atoms with Crippen LogP contribution in [0.25, 0.3) is 0 Å². The molecule has 0 aromatic carbocycles. The minimum atomic E-state index is 0.510. The number of nitrogens with one attached hydrogen (secondary N) is 1. The van der Waals surface area contributed by atoms with Crippen LogP contribution < -0.4 is 0 Å². The van der Waals surface area contributed by atoms with E-state index in [1.807, 2.05) is 12.1 Å². The van der Waals surface area contributed by atoms with Crippen molar-refractivity contribution < 1.29 is 0 Å². The summed E-state index contributed by atoms with van der Waals surface area (Å²) in [5.74, 6) is 0. The largest absolute Gasteiger partial charge is 0.295 e. The molecule has 0 saturated carbocycles.